The SMILES string of the molecule is CC[C@H]([C@@H](Oc1ccccc1)Sc1cccc(Cl)c1)N(CC)CC(=O)O. The van der Waals surface area contributed by atoms with Crippen molar-refractivity contribution in [2.45, 2.75) is 36.6 Å². The highest BCUT2D eigenvalue weighted by atomic mass is 35.5. The maximum Gasteiger partial charge on any atom is 0.317 e. The van der Waals surface area contributed by atoms with Crippen molar-refractivity contribution in [3.8, 4) is 5.75 Å². The van der Waals surface area contributed by atoms with E-state index in [1.807, 2.05) is 66.4 Å². The molecule has 0 amide bonds. The summed E-state index contributed by atoms with van der Waals surface area (Å²) in [4.78, 5) is 14.2. The van der Waals surface area contributed by atoms with Crippen molar-refractivity contribution in [1.82, 2.24) is 4.90 Å². The van der Waals surface area contributed by atoms with Crippen LogP contribution in [0.4, 0.5) is 0 Å². The summed E-state index contributed by atoms with van der Waals surface area (Å²) in [6.45, 7) is 4.64. The molecule has 2 atom stereocenters. The number of para-hydroxylation sites is 1. The van der Waals surface area contributed by atoms with Gasteiger partial charge in [-0.2, -0.15) is 0 Å². The number of benzene rings is 2. The molecule has 0 spiro atoms. The smallest absolute Gasteiger partial charge is 0.317 e. The molecule has 0 fully saturated rings. The Morgan fingerprint density at radius 1 is 1.19 bits per heavy atom. The van der Waals surface area contributed by atoms with Crippen molar-refractivity contribution in [1.29, 1.82) is 0 Å². The molecule has 0 unspecified atom stereocenters. The summed E-state index contributed by atoms with van der Waals surface area (Å²) in [6, 6.07) is 17.2. The number of hydrogen-bond donors (Lipinski definition) is 1. The Bertz CT molecular complexity index is 698. The first kappa shape index (κ1) is 20.6. The number of thioether (sulfide) groups is 1. The molecule has 0 aliphatic heterocycles. The van der Waals surface area contributed by atoms with Gasteiger partial charge in [0.1, 0.15) is 5.75 Å². The first-order valence-electron chi connectivity index (χ1n) is 8.63. The Balaban J connectivity index is 2.28. The highest BCUT2D eigenvalue weighted by Gasteiger charge is 2.29. The van der Waals surface area contributed by atoms with Gasteiger partial charge in [0.05, 0.1) is 12.6 Å². The van der Waals surface area contributed by atoms with Gasteiger partial charge in [0.2, 0.25) is 0 Å². The van der Waals surface area contributed by atoms with Gasteiger partial charge in [0.15, 0.2) is 5.44 Å². The van der Waals surface area contributed by atoms with Gasteiger partial charge in [-0.25, -0.2) is 0 Å². The van der Waals surface area contributed by atoms with Crippen molar-refractivity contribution in [2.24, 2.45) is 0 Å². The number of hydrogen-bond acceptors (Lipinski definition) is 4. The second kappa shape index (κ2) is 10.5. The fourth-order valence-corrected chi connectivity index (χ4v) is 4.31. The number of rotatable bonds is 10. The van der Waals surface area contributed by atoms with Crippen molar-refractivity contribution in [2.75, 3.05) is 13.1 Å². The highest BCUT2D eigenvalue weighted by molar-refractivity contribution is 7.99. The predicted molar refractivity (Wildman–Crippen MR) is 107 cm³/mol. The molecule has 2 aromatic rings. The minimum atomic E-state index is -0.837. The van der Waals surface area contributed by atoms with Gasteiger partial charge in [0.25, 0.3) is 0 Å². The van der Waals surface area contributed by atoms with Crippen LogP contribution in [0.2, 0.25) is 5.02 Å². The summed E-state index contributed by atoms with van der Waals surface area (Å²) in [5.74, 6) is -0.0756. The second-order valence-corrected chi connectivity index (χ2v) is 7.42. The third kappa shape index (κ3) is 6.24. The van der Waals surface area contributed by atoms with Gasteiger partial charge < -0.3 is 9.84 Å². The molecule has 2 aromatic carbocycles. The average Bonchev–Trinajstić information content (AvgIpc) is 2.62. The number of nitrogens with zero attached hydrogens (tertiary/aromatic N) is 1. The van der Waals surface area contributed by atoms with E-state index < -0.39 is 5.97 Å². The van der Waals surface area contributed by atoms with Crippen LogP contribution in [-0.4, -0.2) is 40.5 Å². The number of aliphatic carboxylic acids is 1. The molecule has 0 saturated heterocycles. The molecule has 0 radical (unpaired) electrons. The van der Waals surface area contributed by atoms with E-state index in [4.69, 9.17) is 16.3 Å². The van der Waals surface area contributed by atoms with Crippen LogP contribution in [-0.2, 0) is 4.79 Å². The Morgan fingerprint density at radius 2 is 1.92 bits per heavy atom. The average molecular weight is 394 g/mol. The van der Waals surface area contributed by atoms with Crippen LogP contribution in [0.25, 0.3) is 0 Å². The van der Waals surface area contributed by atoms with Crippen LogP contribution < -0.4 is 4.74 Å². The lowest BCUT2D eigenvalue weighted by atomic mass is 10.2. The topological polar surface area (TPSA) is 49.8 Å². The van der Waals surface area contributed by atoms with Gasteiger partial charge in [-0.15, -0.1) is 0 Å². The summed E-state index contributed by atoms with van der Waals surface area (Å²) in [5, 5.41) is 9.92. The normalized spacial score (nSPS) is 13.4. The molecule has 0 aromatic heterocycles. The summed E-state index contributed by atoms with van der Waals surface area (Å²) >= 11 is 7.68. The molecule has 0 aliphatic carbocycles. The summed E-state index contributed by atoms with van der Waals surface area (Å²) in [6.07, 6.45) is 0.770. The standard InChI is InChI=1S/C20H24ClNO3S/c1-3-18(22(4-2)14-19(23)24)20(25-16-10-6-5-7-11-16)26-17-12-8-9-15(21)13-17/h5-13,18,20H,3-4,14H2,1-2H3,(H,23,24)/t18-,20+/m1/s1. The zero-order valence-electron chi connectivity index (χ0n) is 15.0. The van der Waals surface area contributed by atoms with E-state index >= 15 is 0 Å². The first-order valence-corrected chi connectivity index (χ1v) is 9.89. The van der Waals surface area contributed by atoms with E-state index in [1.54, 1.807) is 11.8 Å². The number of ether oxygens (including phenoxy) is 1. The summed E-state index contributed by atoms with van der Waals surface area (Å²) in [5.41, 5.74) is -0.264. The van der Waals surface area contributed by atoms with Crippen LogP contribution in [0.15, 0.2) is 59.5 Å². The minimum absolute atomic E-state index is 0.0141. The van der Waals surface area contributed by atoms with Crippen LogP contribution >= 0.6 is 23.4 Å². The molecule has 0 aliphatic rings. The lowest BCUT2D eigenvalue weighted by Crippen LogP contribution is -2.46. The van der Waals surface area contributed by atoms with Gasteiger partial charge in [-0.1, -0.05) is 61.5 Å². The minimum Gasteiger partial charge on any atom is -0.480 e. The highest BCUT2D eigenvalue weighted by Crippen LogP contribution is 2.32. The summed E-state index contributed by atoms with van der Waals surface area (Å²) < 4.78 is 6.26. The zero-order valence-corrected chi connectivity index (χ0v) is 16.5. The van der Waals surface area contributed by atoms with E-state index in [0.29, 0.717) is 11.6 Å². The van der Waals surface area contributed by atoms with Crippen LogP contribution in [0, 0.1) is 0 Å². The fraction of sp³-hybridized carbons (Fsp3) is 0.350. The number of carboxylic acid groups (broad SMARTS) is 1. The number of halogens is 1. The Morgan fingerprint density at radius 3 is 2.50 bits per heavy atom. The van der Waals surface area contributed by atoms with Gasteiger partial charge in [-0.3, -0.25) is 9.69 Å². The molecule has 4 nitrogen and oxygen atoms in total. The summed E-state index contributed by atoms with van der Waals surface area (Å²) in [7, 11) is 0. The lowest BCUT2D eigenvalue weighted by Gasteiger charge is -2.34. The number of carbonyl (C=O) groups is 1. The molecule has 26 heavy (non-hydrogen) atoms. The third-order valence-electron chi connectivity index (χ3n) is 3.99. The third-order valence-corrected chi connectivity index (χ3v) is 5.39. The van der Waals surface area contributed by atoms with E-state index in [-0.39, 0.29) is 18.0 Å². The van der Waals surface area contributed by atoms with Crippen LogP contribution in [0.3, 0.4) is 0 Å². The van der Waals surface area contributed by atoms with E-state index in [2.05, 4.69) is 6.92 Å². The quantitative estimate of drug-likeness (QED) is 0.453. The zero-order chi connectivity index (χ0) is 18.9. The number of carboxylic acids is 1. The monoisotopic (exact) mass is 393 g/mol. The molecule has 140 valence electrons. The molecule has 1 N–H and O–H groups in total. The van der Waals surface area contributed by atoms with Crippen molar-refractivity contribution in [3.05, 3.63) is 59.6 Å². The van der Waals surface area contributed by atoms with Gasteiger partial charge >= 0.3 is 5.97 Å². The second-order valence-electron chi connectivity index (χ2n) is 5.81. The van der Waals surface area contributed by atoms with Crippen molar-refractivity contribution < 1.29 is 14.6 Å². The maximum absolute atomic E-state index is 11.3. The Labute approximate surface area is 164 Å². The largest absolute Gasteiger partial charge is 0.480 e. The Hall–Kier alpha value is -1.69. The van der Waals surface area contributed by atoms with Gasteiger partial charge in [-0.05, 0) is 43.3 Å². The molecule has 0 saturated carbocycles. The van der Waals surface area contributed by atoms with E-state index in [1.165, 1.54) is 0 Å². The predicted octanol–water partition coefficient (Wildman–Crippen LogP) is 5.02. The Kier molecular flexibility index (Phi) is 8.29. The maximum atomic E-state index is 11.3. The fourth-order valence-electron chi connectivity index (χ4n) is 2.75. The lowest BCUT2D eigenvalue weighted by molar-refractivity contribution is -0.139. The molecule has 0 bridgehead atoms. The van der Waals surface area contributed by atoms with E-state index in [0.717, 1.165) is 17.1 Å². The van der Waals surface area contributed by atoms with Crippen molar-refractivity contribution in [3.63, 3.8) is 0 Å². The van der Waals surface area contributed by atoms with E-state index in [9.17, 15) is 9.90 Å². The number of likely N-dealkylation sites (N-methyl/N-ethyl adjacent to an activating group) is 1. The molecule has 0 heterocycles. The molecular formula is C20H24ClNO3S. The van der Waals surface area contributed by atoms with Gasteiger partial charge in [0, 0.05) is 9.92 Å². The van der Waals surface area contributed by atoms with Crippen molar-refractivity contribution >= 4 is 29.3 Å². The molecule has 6 heteroatoms. The molecule has 2 rings (SSSR count). The van der Waals surface area contributed by atoms with Crippen LogP contribution in [0.1, 0.15) is 20.3 Å². The van der Waals surface area contributed by atoms with Crippen LogP contribution in [0.5, 0.6) is 5.75 Å². The first-order chi connectivity index (χ1) is 12.5. The molecular weight excluding hydrogens is 370 g/mol.